The van der Waals surface area contributed by atoms with Gasteiger partial charge in [-0.3, -0.25) is 0 Å². The number of rotatable bonds is 3. The minimum atomic E-state index is 0.271. The van der Waals surface area contributed by atoms with Gasteiger partial charge in [-0.25, -0.2) is 9.97 Å². The minimum absolute atomic E-state index is 0.271. The third-order valence-corrected chi connectivity index (χ3v) is 3.58. The summed E-state index contributed by atoms with van der Waals surface area (Å²) in [6.45, 7) is 6.58. The number of nitrogens with zero attached hydrogens (tertiary/aromatic N) is 2. The standard InChI is InChI=1S/C16H19N3O2/c1-9(2)14-10(3)18-15(19-16(14)17-4)11-5-6-12-13(7-11)21-8-20-12/h5-7,9H,8H2,1-4H3,(H,17,18,19). The highest BCUT2D eigenvalue weighted by Gasteiger charge is 2.18. The van der Waals surface area contributed by atoms with Gasteiger partial charge in [0.1, 0.15) is 5.82 Å². The highest BCUT2D eigenvalue weighted by Crippen LogP contribution is 2.36. The quantitative estimate of drug-likeness (QED) is 0.937. The number of hydrogen-bond donors (Lipinski definition) is 1. The first-order valence-corrected chi connectivity index (χ1v) is 7.06. The molecule has 2 heterocycles. The van der Waals surface area contributed by atoms with E-state index in [-0.39, 0.29) is 6.79 Å². The number of anilines is 1. The molecule has 2 aromatic rings. The summed E-state index contributed by atoms with van der Waals surface area (Å²) in [6, 6.07) is 5.77. The normalized spacial score (nSPS) is 12.8. The average Bonchev–Trinajstić information content (AvgIpc) is 2.93. The monoisotopic (exact) mass is 285 g/mol. The van der Waals surface area contributed by atoms with E-state index in [1.807, 2.05) is 32.2 Å². The van der Waals surface area contributed by atoms with Crippen molar-refractivity contribution in [1.82, 2.24) is 9.97 Å². The fourth-order valence-electron chi connectivity index (χ4n) is 2.63. The Morgan fingerprint density at radius 3 is 2.62 bits per heavy atom. The largest absolute Gasteiger partial charge is 0.454 e. The van der Waals surface area contributed by atoms with Crippen molar-refractivity contribution in [3.05, 3.63) is 29.5 Å². The van der Waals surface area contributed by atoms with Crippen LogP contribution in [0, 0.1) is 6.92 Å². The lowest BCUT2D eigenvalue weighted by atomic mass is 10.0. The highest BCUT2D eigenvalue weighted by molar-refractivity contribution is 5.64. The predicted molar refractivity (Wildman–Crippen MR) is 82.0 cm³/mol. The van der Waals surface area contributed by atoms with E-state index in [9.17, 15) is 0 Å². The van der Waals surface area contributed by atoms with E-state index < -0.39 is 0 Å². The molecule has 1 N–H and O–H groups in total. The predicted octanol–water partition coefficient (Wildman–Crippen LogP) is 3.35. The van der Waals surface area contributed by atoms with Gasteiger partial charge in [-0.1, -0.05) is 13.8 Å². The Morgan fingerprint density at radius 2 is 1.90 bits per heavy atom. The lowest BCUT2D eigenvalue weighted by Crippen LogP contribution is -2.07. The summed E-state index contributed by atoms with van der Waals surface area (Å²) in [5.41, 5.74) is 3.08. The Hall–Kier alpha value is -2.30. The van der Waals surface area contributed by atoms with Crippen molar-refractivity contribution in [3.8, 4) is 22.9 Å². The molecule has 0 unspecified atom stereocenters. The third-order valence-electron chi connectivity index (χ3n) is 3.58. The van der Waals surface area contributed by atoms with Crippen molar-refractivity contribution >= 4 is 5.82 Å². The maximum absolute atomic E-state index is 5.42. The lowest BCUT2D eigenvalue weighted by Gasteiger charge is -2.15. The van der Waals surface area contributed by atoms with Crippen LogP contribution in [-0.2, 0) is 0 Å². The van der Waals surface area contributed by atoms with Crippen LogP contribution in [0.5, 0.6) is 11.5 Å². The second kappa shape index (κ2) is 5.24. The molecule has 0 amide bonds. The molecule has 1 aromatic heterocycles. The van der Waals surface area contributed by atoms with Crippen LogP contribution in [0.1, 0.15) is 31.0 Å². The Kier molecular flexibility index (Phi) is 3.41. The highest BCUT2D eigenvalue weighted by atomic mass is 16.7. The summed E-state index contributed by atoms with van der Waals surface area (Å²) < 4.78 is 10.7. The van der Waals surface area contributed by atoms with Crippen LogP contribution in [-0.4, -0.2) is 23.8 Å². The van der Waals surface area contributed by atoms with Crippen molar-refractivity contribution in [2.45, 2.75) is 26.7 Å². The zero-order valence-electron chi connectivity index (χ0n) is 12.7. The molecule has 0 saturated carbocycles. The van der Waals surface area contributed by atoms with Crippen LogP contribution in [0.15, 0.2) is 18.2 Å². The van der Waals surface area contributed by atoms with Gasteiger partial charge < -0.3 is 14.8 Å². The van der Waals surface area contributed by atoms with Crippen LogP contribution in [0.3, 0.4) is 0 Å². The molecule has 0 bridgehead atoms. The van der Waals surface area contributed by atoms with E-state index in [1.165, 1.54) is 0 Å². The minimum Gasteiger partial charge on any atom is -0.454 e. The molecule has 0 radical (unpaired) electrons. The molecule has 0 atom stereocenters. The van der Waals surface area contributed by atoms with Crippen molar-refractivity contribution in [2.24, 2.45) is 0 Å². The first-order chi connectivity index (χ1) is 10.1. The molecule has 21 heavy (non-hydrogen) atoms. The van der Waals surface area contributed by atoms with Gasteiger partial charge in [-0.15, -0.1) is 0 Å². The van der Waals surface area contributed by atoms with Gasteiger partial charge in [0, 0.05) is 23.9 Å². The van der Waals surface area contributed by atoms with Crippen LogP contribution in [0.25, 0.3) is 11.4 Å². The Labute approximate surface area is 124 Å². The Bertz CT molecular complexity index is 683. The average molecular weight is 285 g/mol. The molecular formula is C16H19N3O2. The molecule has 3 rings (SSSR count). The molecule has 110 valence electrons. The van der Waals surface area contributed by atoms with Crippen molar-refractivity contribution in [1.29, 1.82) is 0 Å². The number of hydrogen-bond acceptors (Lipinski definition) is 5. The second-order valence-electron chi connectivity index (χ2n) is 5.37. The molecule has 1 aliphatic rings. The van der Waals surface area contributed by atoms with E-state index in [4.69, 9.17) is 9.47 Å². The van der Waals surface area contributed by atoms with Gasteiger partial charge >= 0.3 is 0 Å². The van der Waals surface area contributed by atoms with E-state index >= 15 is 0 Å². The van der Waals surface area contributed by atoms with Crippen LogP contribution in [0.2, 0.25) is 0 Å². The SMILES string of the molecule is CNc1nc(-c2ccc3c(c2)OCO3)nc(C)c1C(C)C. The van der Waals surface area contributed by atoms with Gasteiger partial charge in [-0.05, 0) is 31.0 Å². The molecule has 0 saturated heterocycles. The summed E-state index contributed by atoms with van der Waals surface area (Å²) in [5.74, 6) is 3.46. The third kappa shape index (κ3) is 2.39. The van der Waals surface area contributed by atoms with Gasteiger partial charge in [0.15, 0.2) is 17.3 Å². The molecule has 0 aliphatic carbocycles. The lowest BCUT2D eigenvalue weighted by molar-refractivity contribution is 0.174. The van der Waals surface area contributed by atoms with Crippen LogP contribution in [0.4, 0.5) is 5.82 Å². The molecule has 0 spiro atoms. The van der Waals surface area contributed by atoms with Gasteiger partial charge in [0.2, 0.25) is 6.79 Å². The Morgan fingerprint density at radius 1 is 1.14 bits per heavy atom. The number of ether oxygens (including phenoxy) is 2. The van der Waals surface area contributed by atoms with Gasteiger partial charge in [0.25, 0.3) is 0 Å². The number of nitrogens with one attached hydrogen (secondary N) is 1. The smallest absolute Gasteiger partial charge is 0.231 e. The fourth-order valence-corrected chi connectivity index (χ4v) is 2.63. The van der Waals surface area contributed by atoms with Crippen molar-refractivity contribution < 1.29 is 9.47 Å². The van der Waals surface area contributed by atoms with E-state index in [2.05, 4.69) is 29.1 Å². The zero-order valence-corrected chi connectivity index (χ0v) is 12.7. The summed E-state index contributed by atoms with van der Waals surface area (Å²) in [6.07, 6.45) is 0. The van der Waals surface area contributed by atoms with Crippen LogP contribution >= 0.6 is 0 Å². The maximum Gasteiger partial charge on any atom is 0.231 e. The van der Waals surface area contributed by atoms with Crippen LogP contribution < -0.4 is 14.8 Å². The fraction of sp³-hybridized carbons (Fsp3) is 0.375. The molecule has 5 nitrogen and oxygen atoms in total. The summed E-state index contributed by atoms with van der Waals surface area (Å²) in [5, 5.41) is 3.17. The molecule has 5 heteroatoms. The van der Waals surface area contributed by atoms with Gasteiger partial charge in [0.05, 0.1) is 0 Å². The number of benzene rings is 1. The topological polar surface area (TPSA) is 56.3 Å². The van der Waals surface area contributed by atoms with E-state index in [1.54, 1.807) is 0 Å². The van der Waals surface area contributed by atoms with Gasteiger partial charge in [-0.2, -0.15) is 0 Å². The Balaban J connectivity index is 2.09. The zero-order chi connectivity index (χ0) is 15.0. The first-order valence-electron chi connectivity index (χ1n) is 7.06. The second-order valence-corrected chi connectivity index (χ2v) is 5.37. The van der Waals surface area contributed by atoms with E-state index in [0.29, 0.717) is 11.7 Å². The maximum atomic E-state index is 5.42. The van der Waals surface area contributed by atoms with Crippen molar-refractivity contribution in [3.63, 3.8) is 0 Å². The number of fused-ring (bicyclic) bond motifs is 1. The molecule has 1 aromatic carbocycles. The van der Waals surface area contributed by atoms with Crippen molar-refractivity contribution in [2.75, 3.05) is 19.2 Å². The summed E-state index contributed by atoms with van der Waals surface area (Å²) in [4.78, 5) is 9.30. The molecular weight excluding hydrogens is 266 g/mol. The summed E-state index contributed by atoms with van der Waals surface area (Å²) in [7, 11) is 1.89. The first kappa shape index (κ1) is 13.7. The summed E-state index contributed by atoms with van der Waals surface area (Å²) >= 11 is 0. The molecule has 0 fully saturated rings. The number of aromatic nitrogens is 2. The molecule has 1 aliphatic heterocycles. The van der Waals surface area contributed by atoms with E-state index in [0.717, 1.165) is 34.1 Å². The number of aryl methyl sites for hydroxylation is 1.